The summed E-state index contributed by atoms with van der Waals surface area (Å²) < 4.78 is 0. The zero-order chi connectivity index (χ0) is 11.6. The molecule has 1 aromatic carbocycles. The van der Waals surface area contributed by atoms with Gasteiger partial charge in [-0.2, -0.15) is 0 Å². The minimum atomic E-state index is 0.584. The fourth-order valence-electron chi connectivity index (χ4n) is 2.35. The van der Waals surface area contributed by atoms with E-state index in [1.165, 1.54) is 27.8 Å². The minimum absolute atomic E-state index is 0.584. The fraction of sp³-hybridized carbons (Fsp3) is 0.467. The summed E-state index contributed by atoms with van der Waals surface area (Å²) in [7, 11) is 0. The van der Waals surface area contributed by atoms with E-state index < -0.39 is 0 Å². The van der Waals surface area contributed by atoms with Crippen molar-refractivity contribution in [1.29, 1.82) is 0 Å². The Morgan fingerprint density at radius 2 is 1.60 bits per heavy atom. The smallest absolute Gasteiger partial charge is 0.0150 e. The lowest BCUT2D eigenvalue weighted by atomic mass is 9.85. The molecule has 0 radical (unpaired) electrons. The molecule has 0 saturated heterocycles. The summed E-state index contributed by atoms with van der Waals surface area (Å²) in [6.07, 6.45) is 3.08. The molecule has 0 heterocycles. The highest BCUT2D eigenvalue weighted by Crippen LogP contribution is 2.30. The standard InChI is InChI=1S/C15H22/c1-7-8-10(2)15-13(5)11(3)9-12(4)14(15)6/h7,9-10H,1,8H2,2-6H3. The second-order valence-corrected chi connectivity index (χ2v) is 4.60. The van der Waals surface area contributed by atoms with E-state index in [-0.39, 0.29) is 0 Å². The highest BCUT2D eigenvalue weighted by Gasteiger charge is 2.13. The number of benzene rings is 1. The van der Waals surface area contributed by atoms with Crippen LogP contribution in [0.15, 0.2) is 18.7 Å². The summed E-state index contributed by atoms with van der Waals surface area (Å²) in [5, 5.41) is 0. The first-order valence-corrected chi connectivity index (χ1v) is 5.67. The van der Waals surface area contributed by atoms with Crippen molar-refractivity contribution in [3.63, 3.8) is 0 Å². The van der Waals surface area contributed by atoms with Gasteiger partial charge in [0, 0.05) is 0 Å². The summed E-state index contributed by atoms with van der Waals surface area (Å²) in [5.74, 6) is 0.584. The van der Waals surface area contributed by atoms with Gasteiger partial charge in [0.25, 0.3) is 0 Å². The van der Waals surface area contributed by atoms with Gasteiger partial charge in [-0.25, -0.2) is 0 Å². The second-order valence-electron chi connectivity index (χ2n) is 4.60. The van der Waals surface area contributed by atoms with E-state index in [1.54, 1.807) is 0 Å². The lowest BCUT2D eigenvalue weighted by Gasteiger charge is -2.20. The average molecular weight is 202 g/mol. The molecule has 1 atom stereocenters. The van der Waals surface area contributed by atoms with Crippen LogP contribution < -0.4 is 0 Å². The van der Waals surface area contributed by atoms with Gasteiger partial charge < -0.3 is 0 Å². The molecule has 1 rings (SSSR count). The zero-order valence-electron chi connectivity index (χ0n) is 10.6. The van der Waals surface area contributed by atoms with Gasteiger partial charge in [-0.05, 0) is 67.9 Å². The van der Waals surface area contributed by atoms with Crippen molar-refractivity contribution in [2.75, 3.05) is 0 Å². The van der Waals surface area contributed by atoms with Gasteiger partial charge in [0.15, 0.2) is 0 Å². The molecule has 0 aliphatic rings. The summed E-state index contributed by atoms with van der Waals surface area (Å²) in [4.78, 5) is 0. The molecule has 0 N–H and O–H groups in total. The maximum absolute atomic E-state index is 3.83. The molecule has 1 aromatic rings. The topological polar surface area (TPSA) is 0 Å². The van der Waals surface area contributed by atoms with Crippen molar-refractivity contribution >= 4 is 0 Å². The SMILES string of the molecule is C=CCC(C)c1c(C)c(C)cc(C)c1C. The van der Waals surface area contributed by atoms with Crippen LogP contribution >= 0.6 is 0 Å². The van der Waals surface area contributed by atoms with Gasteiger partial charge in [-0.15, -0.1) is 6.58 Å². The monoisotopic (exact) mass is 202 g/mol. The van der Waals surface area contributed by atoms with Crippen molar-refractivity contribution in [2.24, 2.45) is 0 Å². The lowest BCUT2D eigenvalue weighted by Crippen LogP contribution is -2.03. The third kappa shape index (κ3) is 2.31. The maximum Gasteiger partial charge on any atom is -0.0150 e. The Bertz CT molecular complexity index is 346. The molecule has 0 aliphatic carbocycles. The fourth-order valence-corrected chi connectivity index (χ4v) is 2.35. The molecule has 0 spiro atoms. The average Bonchev–Trinajstić information content (AvgIpc) is 2.16. The third-order valence-corrected chi connectivity index (χ3v) is 3.44. The Labute approximate surface area is 94.0 Å². The van der Waals surface area contributed by atoms with Crippen LogP contribution in [0.25, 0.3) is 0 Å². The molecular weight excluding hydrogens is 180 g/mol. The molecule has 82 valence electrons. The second kappa shape index (κ2) is 4.65. The predicted octanol–water partition coefficient (Wildman–Crippen LogP) is 4.60. The Hall–Kier alpha value is -1.04. The summed E-state index contributed by atoms with van der Waals surface area (Å²) in [6, 6.07) is 2.29. The molecule has 0 nitrogen and oxygen atoms in total. The van der Waals surface area contributed by atoms with Gasteiger partial charge in [0.05, 0.1) is 0 Å². The van der Waals surface area contributed by atoms with Crippen LogP contribution in [0.2, 0.25) is 0 Å². The summed E-state index contributed by atoms with van der Waals surface area (Å²) >= 11 is 0. The van der Waals surface area contributed by atoms with E-state index in [0.717, 1.165) is 6.42 Å². The quantitative estimate of drug-likeness (QED) is 0.628. The Morgan fingerprint density at radius 1 is 1.13 bits per heavy atom. The largest absolute Gasteiger partial charge is 0.103 e. The zero-order valence-corrected chi connectivity index (χ0v) is 10.6. The van der Waals surface area contributed by atoms with Crippen molar-refractivity contribution in [2.45, 2.75) is 47.0 Å². The molecule has 1 unspecified atom stereocenters. The van der Waals surface area contributed by atoms with Gasteiger partial charge in [0.1, 0.15) is 0 Å². The lowest BCUT2D eigenvalue weighted by molar-refractivity contribution is 0.764. The summed E-state index contributed by atoms with van der Waals surface area (Å²) in [6.45, 7) is 15.0. The van der Waals surface area contributed by atoms with Crippen LogP contribution in [0, 0.1) is 27.7 Å². The molecule has 0 heteroatoms. The molecule has 0 amide bonds. The van der Waals surface area contributed by atoms with E-state index in [2.05, 4.69) is 47.3 Å². The number of hydrogen-bond donors (Lipinski definition) is 0. The molecule has 0 aromatic heterocycles. The molecule has 0 aliphatic heterocycles. The third-order valence-electron chi connectivity index (χ3n) is 3.44. The Kier molecular flexibility index (Phi) is 3.73. The highest BCUT2D eigenvalue weighted by molar-refractivity contribution is 5.45. The number of hydrogen-bond acceptors (Lipinski definition) is 0. The van der Waals surface area contributed by atoms with Gasteiger partial charge >= 0.3 is 0 Å². The van der Waals surface area contributed by atoms with Crippen LogP contribution in [-0.4, -0.2) is 0 Å². The first-order chi connectivity index (χ1) is 6.99. The molecule has 15 heavy (non-hydrogen) atoms. The number of allylic oxidation sites excluding steroid dienone is 1. The van der Waals surface area contributed by atoms with E-state index in [1.807, 2.05) is 6.08 Å². The van der Waals surface area contributed by atoms with Gasteiger partial charge in [-0.3, -0.25) is 0 Å². The molecule has 0 saturated carbocycles. The van der Waals surface area contributed by atoms with Crippen LogP contribution in [0.5, 0.6) is 0 Å². The van der Waals surface area contributed by atoms with Gasteiger partial charge in [0.2, 0.25) is 0 Å². The van der Waals surface area contributed by atoms with Crippen LogP contribution in [0.3, 0.4) is 0 Å². The van der Waals surface area contributed by atoms with E-state index in [9.17, 15) is 0 Å². The number of aryl methyl sites for hydroxylation is 2. The molecular formula is C15H22. The minimum Gasteiger partial charge on any atom is -0.103 e. The molecule has 0 bridgehead atoms. The first-order valence-electron chi connectivity index (χ1n) is 5.67. The van der Waals surface area contributed by atoms with E-state index in [0.29, 0.717) is 5.92 Å². The maximum atomic E-state index is 3.83. The van der Waals surface area contributed by atoms with Crippen molar-refractivity contribution < 1.29 is 0 Å². The Balaban J connectivity index is 3.31. The normalized spacial score (nSPS) is 12.6. The molecule has 0 fully saturated rings. The Morgan fingerprint density at radius 3 is 2.00 bits per heavy atom. The van der Waals surface area contributed by atoms with E-state index in [4.69, 9.17) is 0 Å². The van der Waals surface area contributed by atoms with E-state index >= 15 is 0 Å². The predicted molar refractivity (Wildman–Crippen MR) is 68.6 cm³/mol. The van der Waals surface area contributed by atoms with Crippen molar-refractivity contribution in [3.8, 4) is 0 Å². The first kappa shape index (κ1) is 12.0. The van der Waals surface area contributed by atoms with Gasteiger partial charge in [-0.1, -0.05) is 19.1 Å². The number of rotatable bonds is 3. The summed E-state index contributed by atoms with van der Waals surface area (Å²) in [5.41, 5.74) is 7.24. The van der Waals surface area contributed by atoms with Crippen molar-refractivity contribution in [3.05, 3.63) is 46.5 Å². The van der Waals surface area contributed by atoms with Crippen molar-refractivity contribution in [1.82, 2.24) is 0 Å². The van der Waals surface area contributed by atoms with Crippen LogP contribution in [0.4, 0.5) is 0 Å². The van der Waals surface area contributed by atoms with Crippen LogP contribution in [-0.2, 0) is 0 Å². The van der Waals surface area contributed by atoms with Crippen LogP contribution in [0.1, 0.15) is 47.1 Å². The highest BCUT2D eigenvalue weighted by atomic mass is 14.2.